The molecule has 2 amide bonds. The van der Waals surface area contributed by atoms with Crippen LogP contribution in [-0.4, -0.2) is 49.2 Å². The number of hydrogen-bond donors (Lipinski definition) is 3. The monoisotopic (exact) mass is 385 g/mol. The summed E-state index contributed by atoms with van der Waals surface area (Å²) in [6.07, 6.45) is 3.93. The summed E-state index contributed by atoms with van der Waals surface area (Å²) >= 11 is 0. The lowest BCUT2D eigenvalue weighted by Gasteiger charge is -2.48. The van der Waals surface area contributed by atoms with Gasteiger partial charge in [-0.25, -0.2) is 0 Å². The fraction of sp³-hybridized carbons (Fsp3) is 0.636. The maximum atomic E-state index is 13.3. The van der Waals surface area contributed by atoms with Crippen molar-refractivity contribution in [3.63, 3.8) is 0 Å². The molecule has 0 unspecified atom stereocenters. The third kappa shape index (κ3) is 3.22. The zero-order chi connectivity index (χ0) is 19.8. The first-order chi connectivity index (χ1) is 13.4. The molecule has 1 aliphatic carbocycles. The minimum atomic E-state index is -0.458. The van der Waals surface area contributed by atoms with E-state index in [-0.39, 0.29) is 17.4 Å². The van der Waals surface area contributed by atoms with Gasteiger partial charge in [-0.3, -0.25) is 9.59 Å². The van der Waals surface area contributed by atoms with Crippen molar-refractivity contribution in [1.29, 1.82) is 0 Å². The van der Waals surface area contributed by atoms with Crippen LogP contribution in [0.25, 0.3) is 0 Å². The van der Waals surface area contributed by atoms with Crippen molar-refractivity contribution >= 4 is 11.8 Å². The highest BCUT2D eigenvalue weighted by Crippen LogP contribution is 2.68. The topological polar surface area (TPSA) is 79.5 Å². The number of nitrogens with one attached hydrogen (secondary N) is 3. The van der Waals surface area contributed by atoms with Crippen LogP contribution in [0.5, 0.6) is 0 Å². The Morgan fingerprint density at radius 1 is 1.18 bits per heavy atom. The maximum absolute atomic E-state index is 13.3. The number of rotatable bonds is 6. The normalized spacial score (nSPS) is 29.9. The quantitative estimate of drug-likeness (QED) is 0.693. The van der Waals surface area contributed by atoms with Gasteiger partial charge in [0.1, 0.15) is 0 Å². The molecule has 4 aliphatic rings. The van der Waals surface area contributed by atoms with Crippen molar-refractivity contribution in [1.82, 2.24) is 16.0 Å². The number of benzene rings is 1. The Morgan fingerprint density at radius 3 is 2.61 bits per heavy atom. The van der Waals surface area contributed by atoms with Crippen molar-refractivity contribution in [3.05, 3.63) is 35.4 Å². The third-order valence-corrected chi connectivity index (χ3v) is 6.82. The van der Waals surface area contributed by atoms with E-state index in [2.05, 4.69) is 47.1 Å². The van der Waals surface area contributed by atoms with E-state index < -0.39 is 11.0 Å². The van der Waals surface area contributed by atoms with Crippen LogP contribution in [0, 0.1) is 12.3 Å². The Kier molecular flexibility index (Phi) is 4.96. The first kappa shape index (κ1) is 19.4. The van der Waals surface area contributed by atoms with E-state index in [1.807, 2.05) is 0 Å². The van der Waals surface area contributed by atoms with E-state index in [0.717, 1.165) is 32.4 Å². The molecule has 1 spiro atoms. The molecule has 0 aromatic heterocycles. The van der Waals surface area contributed by atoms with E-state index in [4.69, 9.17) is 4.74 Å². The Morgan fingerprint density at radius 2 is 1.93 bits per heavy atom. The smallest absolute Gasteiger partial charge is 0.229 e. The second kappa shape index (κ2) is 7.16. The van der Waals surface area contributed by atoms with Gasteiger partial charge >= 0.3 is 0 Å². The Bertz CT molecular complexity index is 764. The van der Waals surface area contributed by atoms with Crippen LogP contribution in [0.2, 0.25) is 0 Å². The summed E-state index contributed by atoms with van der Waals surface area (Å²) in [5.41, 5.74) is 1.24. The summed E-state index contributed by atoms with van der Waals surface area (Å²) < 4.78 is 6.59. The summed E-state index contributed by atoms with van der Waals surface area (Å²) in [6, 6.07) is 8.41. The van der Waals surface area contributed by atoms with Gasteiger partial charge in [-0.1, -0.05) is 29.8 Å². The minimum Gasteiger partial charge on any atom is -0.365 e. The number of carbonyl (C=O) groups is 2. The highest BCUT2D eigenvalue weighted by molar-refractivity contribution is 5.87. The molecule has 0 radical (unpaired) electrons. The largest absolute Gasteiger partial charge is 0.365 e. The highest BCUT2D eigenvalue weighted by atomic mass is 16.5. The van der Waals surface area contributed by atoms with Crippen molar-refractivity contribution in [2.45, 2.75) is 57.2 Å². The zero-order valence-corrected chi connectivity index (χ0v) is 16.9. The first-order valence-corrected chi connectivity index (χ1v) is 10.4. The molecule has 1 aromatic rings. The lowest BCUT2D eigenvalue weighted by atomic mass is 9.53. The molecule has 2 bridgehead atoms. The van der Waals surface area contributed by atoms with Crippen molar-refractivity contribution < 1.29 is 14.3 Å². The molecule has 3 saturated heterocycles. The molecule has 0 atom stereocenters. The van der Waals surface area contributed by atoms with E-state index in [0.29, 0.717) is 25.9 Å². The number of piperidine rings is 1. The molecule has 1 aromatic carbocycles. The highest BCUT2D eigenvalue weighted by Gasteiger charge is 2.77. The Hall–Kier alpha value is -1.92. The average molecular weight is 386 g/mol. The number of aryl methyl sites for hydroxylation is 1. The van der Waals surface area contributed by atoms with Gasteiger partial charge in [-0.15, -0.1) is 0 Å². The Balaban J connectivity index is 1.43. The zero-order valence-electron chi connectivity index (χ0n) is 16.9. The van der Waals surface area contributed by atoms with Crippen LogP contribution in [0.15, 0.2) is 24.3 Å². The molecule has 3 aliphatic heterocycles. The molecule has 6 nitrogen and oxygen atoms in total. The van der Waals surface area contributed by atoms with Crippen LogP contribution >= 0.6 is 0 Å². The minimum absolute atomic E-state index is 0.0515. The molecule has 3 heterocycles. The number of amides is 2. The molecule has 4 fully saturated rings. The van der Waals surface area contributed by atoms with Gasteiger partial charge in [-0.2, -0.15) is 0 Å². The van der Waals surface area contributed by atoms with Crippen LogP contribution in [-0.2, 0) is 20.7 Å². The SMILES string of the molecule is CC(=O)NCC12CC(C(=O)NCCc3cccc(C)c3)(C1)C1(CCNCC1)O2. The van der Waals surface area contributed by atoms with Gasteiger partial charge in [0.25, 0.3) is 0 Å². The maximum Gasteiger partial charge on any atom is 0.229 e. The van der Waals surface area contributed by atoms with E-state index in [1.54, 1.807) is 0 Å². The first-order valence-electron chi connectivity index (χ1n) is 10.4. The summed E-state index contributed by atoms with van der Waals surface area (Å²) in [5.74, 6) is 0.0716. The van der Waals surface area contributed by atoms with E-state index >= 15 is 0 Å². The van der Waals surface area contributed by atoms with E-state index in [9.17, 15) is 9.59 Å². The number of ether oxygens (including phenoxy) is 1. The molecule has 3 N–H and O–H groups in total. The summed E-state index contributed by atoms with van der Waals surface area (Å²) in [7, 11) is 0. The van der Waals surface area contributed by atoms with Crippen LogP contribution in [0.3, 0.4) is 0 Å². The fourth-order valence-corrected chi connectivity index (χ4v) is 5.54. The molecular weight excluding hydrogens is 354 g/mol. The van der Waals surface area contributed by atoms with Gasteiger partial charge in [0.15, 0.2) is 0 Å². The van der Waals surface area contributed by atoms with Gasteiger partial charge in [0, 0.05) is 20.0 Å². The molecule has 5 rings (SSSR count). The van der Waals surface area contributed by atoms with Gasteiger partial charge in [0.05, 0.1) is 16.6 Å². The summed E-state index contributed by atoms with van der Waals surface area (Å²) in [5, 5.41) is 9.48. The third-order valence-electron chi connectivity index (χ3n) is 6.82. The molecule has 6 heteroatoms. The second-order valence-corrected chi connectivity index (χ2v) is 8.87. The number of carbonyl (C=O) groups excluding carboxylic acids is 2. The van der Waals surface area contributed by atoms with Crippen molar-refractivity contribution in [2.75, 3.05) is 26.2 Å². The lowest BCUT2D eigenvalue weighted by Crippen LogP contribution is -2.61. The molecule has 1 saturated carbocycles. The predicted octanol–water partition coefficient (Wildman–Crippen LogP) is 1.46. The predicted molar refractivity (Wildman–Crippen MR) is 107 cm³/mol. The molecule has 28 heavy (non-hydrogen) atoms. The average Bonchev–Trinajstić information content (AvgIpc) is 3.05. The van der Waals surface area contributed by atoms with Gasteiger partial charge < -0.3 is 20.7 Å². The Labute approximate surface area is 166 Å². The summed E-state index contributed by atoms with van der Waals surface area (Å²) in [4.78, 5) is 24.7. The van der Waals surface area contributed by atoms with Crippen LogP contribution in [0.4, 0.5) is 0 Å². The van der Waals surface area contributed by atoms with E-state index in [1.165, 1.54) is 18.1 Å². The summed E-state index contributed by atoms with van der Waals surface area (Å²) in [6.45, 7) is 6.48. The van der Waals surface area contributed by atoms with Crippen LogP contribution < -0.4 is 16.0 Å². The molecular formula is C22H31N3O3. The van der Waals surface area contributed by atoms with Gasteiger partial charge in [0.2, 0.25) is 11.8 Å². The molecule has 152 valence electrons. The van der Waals surface area contributed by atoms with Crippen LogP contribution in [0.1, 0.15) is 43.7 Å². The van der Waals surface area contributed by atoms with Crippen molar-refractivity contribution in [3.8, 4) is 0 Å². The number of hydrogen-bond acceptors (Lipinski definition) is 4. The lowest BCUT2D eigenvalue weighted by molar-refractivity contribution is -0.141. The fourth-order valence-electron chi connectivity index (χ4n) is 5.54. The van der Waals surface area contributed by atoms with Gasteiger partial charge in [-0.05, 0) is 57.7 Å². The van der Waals surface area contributed by atoms with Crippen molar-refractivity contribution in [2.24, 2.45) is 5.41 Å². The second-order valence-electron chi connectivity index (χ2n) is 8.87. The standard InChI is InChI=1S/C22H31N3O3/c1-16-4-3-5-18(12-16)6-9-24-19(27)21-13-20(14-21,15-25-17(2)26)28-22(21)7-10-23-11-8-22/h3-5,12,23H,6-11,13-15H2,1-2H3,(H,24,27)(H,25,26).